The maximum atomic E-state index is 14.3. The lowest BCUT2D eigenvalue weighted by Crippen LogP contribution is -2.45. The first-order chi connectivity index (χ1) is 28.2. The van der Waals surface area contributed by atoms with Crippen LogP contribution in [-0.4, -0.2) is 79.3 Å². The summed E-state index contributed by atoms with van der Waals surface area (Å²) in [7, 11) is 1.34. The van der Waals surface area contributed by atoms with Crippen LogP contribution in [0.2, 0.25) is 0 Å². The molecule has 3 amide bonds. The van der Waals surface area contributed by atoms with E-state index in [9.17, 15) is 14.4 Å². The fourth-order valence-electron chi connectivity index (χ4n) is 8.65. The summed E-state index contributed by atoms with van der Waals surface area (Å²) in [5, 5.41) is 2.28. The molecule has 0 radical (unpaired) electrons. The van der Waals surface area contributed by atoms with Gasteiger partial charge >= 0.3 is 6.09 Å². The summed E-state index contributed by atoms with van der Waals surface area (Å²) in [5.74, 6) is 1.99. The Hall–Kier alpha value is -6.23. The van der Waals surface area contributed by atoms with Gasteiger partial charge in [-0.05, 0) is 83.7 Å². The number of rotatable bonds is 11. The van der Waals surface area contributed by atoms with Crippen LogP contribution in [0.3, 0.4) is 0 Å². The number of carbonyl (C=O) groups excluding carboxylic acids is 3. The Morgan fingerprint density at radius 1 is 0.741 bits per heavy atom. The zero-order chi connectivity index (χ0) is 40.3. The minimum Gasteiger partial charge on any atom is -0.453 e. The second-order valence-corrected chi connectivity index (χ2v) is 15.8. The van der Waals surface area contributed by atoms with E-state index in [1.165, 1.54) is 12.0 Å². The number of hydrogen-bond donors (Lipinski definition) is 2. The summed E-state index contributed by atoms with van der Waals surface area (Å²) in [6.07, 6.45) is 7.28. The van der Waals surface area contributed by atoms with E-state index in [1.807, 2.05) is 59.4 Å². The van der Waals surface area contributed by atoms with Crippen LogP contribution in [-0.2, 0) is 14.3 Å². The Morgan fingerprint density at radius 3 is 1.91 bits per heavy atom. The number of amides is 3. The largest absolute Gasteiger partial charge is 0.453 e. The molecule has 8 rings (SSSR count). The van der Waals surface area contributed by atoms with Crippen molar-refractivity contribution in [2.75, 3.05) is 26.7 Å². The van der Waals surface area contributed by atoms with E-state index in [1.54, 1.807) is 0 Å². The molecule has 3 atom stereocenters. The zero-order valence-electron chi connectivity index (χ0n) is 33.7. The first-order valence-corrected chi connectivity index (χ1v) is 20.5. The molecule has 4 heterocycles. The van der Waals surface area contributed by atoms with Crippen LogP contribution >= 0.6 is 0 Å². The molecule has 0 spiro atoms. The Morgan fingerprint density at radius 2 is 1.29 bits per heavy atom. The normalized spacial score (nSPS) is 17.3. The highest BCUT2D eigenvalue weighted by Crippen LogP contribution is 2.37. The lowest BCUT2D eigenvalue weighted by atomic mass is 9.98. The zero-order valence-corrected chi connectivity index (χ0v) is 33.7. The van der Waals surface area contributed by atoms with Gasteiger partial charge in [-0.2, -0.15) is 0 Å². The Kier molecular flexibility index (Phi) is 11.1. The standard InChI is InChI=1S/C47H51N7O4/c1-5-52(47(57)58-4)43(33-11-7-6-8-12-33)46(56)54-24-10-14-41(54)45-48-28-38(50-45)32-17-15-31(16-18-32)34-19-20-36-27-37(22-21-35(36)26-34)39-29-49-44(51-39)40-13-9-23-53(40)42(55)25-30(2)3/h6-8,11-12,15-22,26-30,40-41,43H,5,9-10,13-14,23-25H2,1-4H3,(H,48,50)(H,49,51). The molecule has 11 nitrogen and oxygen atoms in total. The number of likely N-dealkylation sites (tertiary alicyclic amines) is 2. The topological polar surface area (TPSA) is 128 Å². The van der Waals surface area contributed by atoms with Crippen LogP contribution in [0.15, 0.2) is 103 Å². The average Bonchev–Trinajstić information content (AvgIpc) is 4.09. The van der Waals surface area contributed by atoms with E-state index >= 15 is 0 Å². The van der Waals surface area contributed by atoms with Gasteiger partial charge in [0.05, 0.1) is 43.0 Å². The molecular weight excluding hydrogens is 727 g/mol. The van der Waals surface area contributed by atoms with Gasteiger partial charge in [0.15, 0.2) is 0 Å². The van der Waals surface area contributed by atoms with E-state index in [2.05, 4.69) is 84.5 Å². The van der Waals surface area contributed by atoms with Gasteiger partial charge in [0, 0.05) is 31.6 Å². The maximum Gasteiger partial charge on any atom is 0.410 e. The molecule has 0 bridgehead atoms. The second-order valence-electron chi connectivity index (χ2n) is 15.8. The number of aromatic nitrogens is 4. The van der Waals surface area contributed by atoms with Crippen molar-refractivity contribution in [3.05, 3.63) is 121 Å². The quantitative estimate of drug-likeness (QED) is 0.135. The van der Waals surface area contributed by atoms with Gasteiger partial charge in [-0.1, -0.05) is 92.7 Å². The molecule has 2 fully saturated rings. The van der Waals surface area contributed by atoms with Gasteiger partial charge < -0.3 is 24.5 Å². The molecule has 0 aliphatic carbocycles. The Labute approximate surface area is 339 Å². The molecule has 2 N–H and O–H groups in total. The van der Waals surface area contributed by atoms with Crippen molar-refractivity contribution >= 4 is 28.7 Å². The number of methoxy groups -OCH3 is 1. The first-order valence-electron chi connectivity index (χ1n) is 20.5. The molecule has 3 unspecified atom stereocenters. The lowest BCUT2D eigenvalue weighted by molar-refractivity contribution is -0.138. The number of hydrogen-bond acceptors (Lipinski definition) is 6. The SMILES string of the molecule is CCN(C(=O)OC)C(C(=O)N1CCCC1c1ncc(-c2ccc(-c3ccc4cc(-c5cnc(C6CCCN6C(=O)CC(C)C)[nH]5)ccc4c3)cc2)[nH]1)c1ccccc1. The van der Waals surface area contributed by atoms with Gasteiger partial charge in [0.1, 0.15) is 17.7 Å². The van der Waals surface area contributed by atoms with Crippen LogP contribution in [0.5, 0.6) is 0 Å². The monoisotopic (exact) mass is 777 g/mol. The third kappa shape index (κ3) is 7.73. The molecule has 58 heavy (non-hydrogen) atoms. The fraction of sp³-hybridized carbons (Fsp3) is 0.340. The molecule has 0 saturated carbocycles. The van der Waals surface area contributed by atoms with Crippen molar-refractivity contribution in [2.24, 2.45) is 5.92 Å². The van der Waals surface area contributed by atoms with Crippen molar-refractivity contribution in [3.8, 4) is 33.6 Å². The number of carbonyl (C=O) groups is 3. The number of fused-ring (bicyclic) bond motifs is 1. The highest BCUT2D eigenvalue weighted by molar-refractivity contribution is 5.91. The number of ether oxygens (including phenoxy) is 1. The Balaban J connectivity index is 0.961. The van der Waals surface area contributed by atoms with Crippen LogP contribution in [0.1, 0.15) is 88.2 Å². The molecule has 2 aliphatic heterocycles. The maximum absolute atomic E-state index is 14.3. The van der Waals surface area contributed by atoms with Crippen molar-refractivity contribution in [1.82, 2.24) is 34.6 Å². The minimum absolute atomic E-state index is 0.00373. The predicted octanol–water partition coefficient (Wildman–Crippen LogP) is 9.49. The molecule has 298 valence electrons. The van der Waals surface area contributed by atoms with E-state index in [0.29, 0.717) is 25.4 Å². The first kappa shape index (κ1) is 38.6. The van der Waals surface area contributed by atoms with E-state index in [4.69, 9.17) is 14.7 Å². The number of H-pyrrole nitrogens is 2. The van der Waals surface area contributed by atoms with E-state index in [-0.39, 0.29) is 23.9 Å². The number of nitrogens with one attached hydrogen (secondary N) is 2. The van der Waals surface area contributed by atoms with Crippen molar-refractivity contribution in [3.63, 3.8) is 0 Å². The van der Waals surface area contributed by atoms with Crippen molar-refractivity contribution < 1.29 is 19.1 Å². The molecule has 11 heteroatoms. The van der Waals surface area contributed by atoms with Crippen molar-refractivity contribution in [2.45, 2.75) is 71.0 Å². The molecule has 2 aromatic heterocycles. The summed E-state index contributed by atoms with van der Waals surface area (Å²) in [6.45, 7) is 7.71. The van der Waals surface area contributed by atoms with E-state index in [0.717, 1.165) is 93.9 Å². The van der Waals surface area contributed by atoms with Crippen LogP contribution in [0.4, 0.5) is 4.79 Å². The van der Waals surface area contributed by atoms with Gasteiger partial charge in [0.2, 0.25) is 5.91 Å². The number of nitrogens with zero attached hydrogens (tertiary/aromatic N) is 5. The predicted molar refractivity (Wildman–Crippen MR) is 225 cm³/mol. The van der Waals surface area contributed by atoms with Crippen LogP contribution in [0, 0.1) is 5.92 Å². The summed E-state index contributed by atoms with van der Waals surface area (Å²) in [4.78, 5) is 61.9. The molecular formula is C47H51N7O4. The minimum atomic E-state index is -0.802. The second kappa shape index (κ2) is 16.7. The molecule has 2 aliphatic rings. The van der Waals surface area contributed by atoms with Crippen LogP contribution < -0.4 is 0 Å². The highest BCUT2D eigenvalue weighted by Gasteiger charge is 2.40. The van der Waals surface area contributed by atoms with Gasteiger partial charge in [-0.15, -0.1) is 0 Å². The van der Waals surface area contributed by atoms with Gasteiger partial charge in [-0.25, -0.2) is 14.8 Å². The van der Waals surface area contributed by atoms with Gasteiger partial charge in [0.25, 0.3) is 5.91 Å². The van der Waals surface area contributed by atoms with Crippen molar-refractivity contribution in [1.29, 1.82) is 0 Å². The number of imidazole rings is 2. The smallest absolute Gasteiger partial charge is 0.410 e. The van der Waals surface area contributed by atoms with E-state index < -0.39 is 12.1 Å². The Bertz CT molecular complexity index is 2400. The lowest BCUT2D eigenvalue weighted by Gasteiger charge is -2.34. The van der Waals surface area contributed by atoms with Gasteiger partial charge in [-0.3, -0.25) is 14.5 Å². The summed E-state index contributed by atoms with van der Waals surface area (Å²) in [6, 6.07) is 29.8. The number of benzene rings is 4. The summed E-state index contributed by atoms with van der Waals surface area (Å²) >= 11 is 0. The fourth-order valence-corrected chi connectivity index (χ4v) is 8.65. The third-order valence-electron chi connectivity index (χ3n) is 11.6. The highest BCUT2D eigenvalue weighted by atomic mass is 16.5. The molecule has 2 saturated heterocycles. The molecule has 4 aromatic carbocycles. The summed E-state index contributed by atoms with van der Waals surface area (Å²) in [5.41, 5.74) is 6.85. The third-order valence-corrected chi connectivity index (χ3v) is 11.6. The van der Waals surface area contributed by atoms with Crippen LogP contribution in [0.25, 0.3) is 44.4 Å². The average molecular weight is 778 g/mol. The summed E-state index contributed by atoms with van der Waals surface area (Å²) < 4.78 is 5.07. The molecule has 6 aromatic rings. The number of aromatic amines is 2. The number of likely N-dealkylation sites (N-methyl/N-ethyl adjacent to an activating group) is 1.